The van der Waals surface area contributed by atoms with Gasteiger partial charge in [0.05, 0.1) is 12.5 Å². The van der Waals surface area contributed by atoms with Crippen LogP contribution in [0.1, 0.15) is 138 Å². The van der Waals surface area contributed by atoms with E-state index in [2.05, 4.69) is 321 Å². The normalized spacial score (nSPS) is 15.3. The summed E-state index contributed by atoms with van der Waals surface area (Å²) in [6, 6.07) is 86.3. The molecule has 0 bridgehead atoms. The first-order chi connectivity index (χ1) is 46.7. The fourth-order valence-corrected chi connectivity index (χ4v) is 16.8. The molecule has 19 rings (SSSR count). The third-order valence-electron chi connectivity index (χ3n) is 22.8. The van der Waals surface area contributed by atoms with Crippen LogP contribution in [0.25, 0.3) is 141 Å². The van der Waals surface area contributed by atoms with Crippen LogP contribution in [0.4, 0.5) is 0 Å². The van der Waals surface area contributed by atoms with Crippen LogP contribution in [0.2, 0.25) is 5.02 Å². The van der Waals surface area contributed by atoms with Gasteiger partial charge in [-0.05, 0) is 261 Å². The van der Waals surface area contributed by atoms with Crippen LogP contribution in [0, 0.1) is 0 Å². The molecule has 2 nitrogen and oxygen atoms in total. The van der Waals surface area contributed by atoms with Crippen molar-refractivity contribution in [1.29, 1.82) is 1.28 Å². The second kappa shape index (κ2) is 24.9. The number of rotatable bonds is 2. The summed E-state index contributed by atoms with van der Waals surface area (Å²) in [4.78, 5) is 0. The number of hydrogen-bond acceptors (Lipinski definition) is 2. The Morgan fingerprint density at radius 2 is 0.710 bits per heavy atom. The van der Waals surface area contributed by atoms with Crippen molar-refractivity contribution in [3.8, 4) is 33.4 Å². The summed E-state index contributed by atoms with van der Waals surface area (Å²) < 4.78 is 18.4. The van der Waals surface area contributed by atoms with Crippen LogP contribution in [0.15, 0.2) is 231 Å². The Morgan fingerprint density at radius 1 is 0.340 bits per heavy atom. The molecule has 1 radical (unpaired) electrons. The van der Waals surface area contributed by atoms with Gasteiger partial charge in [-0.25, -0.2) is 0 Å². The zero-order valence-electron chi connectivity index (χ0n) is 60.7. The van der Waals surface area contributed by atoms with E-state index >= 15 is 0 Å². The molecule has 0 spiro atoms. The van der Waals surface area contributed by atoms with Crippen molar-refractivity contribution in [2.75, 3.05) is 0 Å². The third kappa shape index (κ3) is 11.1. The molecule has 0 saturated carbocycles. The van der Waals surface area contributed by atoms with Gasteiger partial charge in [-0.15, -0.1) is 0 Å². The summed E-state index contributed by atoms with van der Waals surface area (Å²) in [6.45, 7) is 31.5. The molecule has 1 saturated heterocycles. The first-order valence-electron chi connectivity index (χ1n) is 35.0. The standard InChI is InChI=1S/C43H34.C26H29BO2.C23H17Cl.CH4.ClH.In.H3P.2H/c1-42(2,3)31-20-29-15-12-26-16-18-32(34-19-17-30(21-31)40(29)41(26)34)27-13-10-25-11-14-28-23-37-33-8-6-7-9-38(33)43(4,5)39(37)24-36(28)35(25)22-27;1-24(2,3)19-14-17-9-8-16-11-13-21(27-28-25(4,5)26(6,7)29-27)20-12-10-18(15-19)22(17)23(16)20;1-23(2)21-6-4-3-5-17(21)20-11-15-8-7-14-9-10-16(24)12-18(14)19(15)13-22(20)23;;;;;;/h6-24H,1-5H3;8-15H,1-7H3;3-13H,1-2H3;1H4;1H;;1H3;;/p-1/i;;;;;;1T;;. The SMILES string of the molecule is C.CC(C)(C)c1cc2ccc3ccc(-c4ccc5ccc6cc7c(cc6c5c4)C(C)(C)c4ccccc4-7)c4ccc(c1)c2c34.CC(C)(C)c1cc2ccc3ccc(B4OC(C)(C)C(C)(C)O4)c4ccc(c1)c2c34.CC1(C)c2ccccc2-c2cc3ccc4ccc(Cl)cc4c3cc21.[3H]P.[Cl-].[InH2]. The van der Waals surface area contributed by atoms with Crippen molar-refractivity contribution in [2.24, 2.45) is 0 Å². The van der Waals surface area contributed by atoms with Gasteiger partial charge in [0, 0.05) is 15.9 Å². The molecule has 100 heavy (non-hydrogen) atoms. The minimum atomic E-state index is -0.352. The Bertz CT molecular complexity index is 5920. The molecule has 499 valence electrons. The van der Waals surface area contributed by atoms with Gasteiger partial charge < -0.3 is 21.7 Å². The van der Waals surface area contributed by atoms with E-state index in [4.69, 9.17) is 22.2 Å². The van der Waals surface area contributed by atoms with Crippen molar-refractivity contribution in [2.45, 2.75) is 137 Å². The summed E-state index contributed by atoms with van der Waals surface area (Å²) in [7, 11) is 1.31. The maximum absolute atomic E-state index is 6.38. The Hall–Kier alpha value is -7.49. The Kier molecular flexibility index (Phi) is 17.3. The number of fused-ring (bicyclic) bond motifs is 12. The Balaban J connectivity index is 0.000000138. The summed E-state index contributed by atoms with van der Waals surface area (Å²) in [5.74, 6) is 0. The molecule has 16 aromatic rings. The van der Waals surface area contributed by atoms with E-state index in [-0.39, 0.29) is 85.7 Å². The predicted molar refractivity (Wildman–Crippen MR) is 442 cm³/mol. The van der Waals surface area contributed by atoms with Crippen molar-refractivity contribution in [3.05, 3.63) is 269 Å². The maximum atomic E-state index is 6.38. The van der Waals surface area contributed by atoms with Gasteiger partial charge in [0.1, 0.15) is 0 Å². The fraction of sp³-hybridized carbons (Fsp3) is 0.226. The Labute approximate surface area is 625 Å². The molecule has 2 aliphatic carbocycles. The van der Waals surface area contributed by atoms with Crippen LogP contribution in [-0.4, -0.2) is 45.4 Å². The molecular formula is C93H89BCl2InO2P-. The second-order valence-corrected chi connectivity index (χ2v) is 32.5. The molecule has 1 aliphatic heterocycles. The fourth-order valence-electron chi connectivity index (χ4n) is 16.6. The van der Waals surface area contributed by atoms with Crippen LogP contribution < -0.4 is 17.9 Å². The van der Waals surface area contributed by atoms with E-state index in [9.17, 15) is 0 Å². The molecule has 3 aliphatic rings. The van der Waals surface area contributed by atoms with Crippen molar-refractivity contribution >= 4 is 168 Å². The average Bonchev–Trinajstić information content (AvgIpc) is 1.69. The van der Waals surface area contributed by atoms with E-state index in [0.717, 1.165) is 10.5 Å². The first kappa shape index (κ1) is 69.6. The molecule has 0 aromatic heterocycles. The quantitative estimate of drug-likeness (QED) is 0.0976. The number of hydrogen-bond donors (Lipinski definition) is 0. The first-order valence-corrected chi connectivity index (χ1v) is 34.8. The number of benzene rings is 16. The Morgan fingerprint density at radius 3 is 1.20 bits per heavy atom. The van der Waals surface area contributed by atoms with E-state index in [1.54, 1.807) is 9.84 Å². The van der Waals surface area contributed by atoms with Crippen LogP contribution in [-0.2, 0) is 31.0 Å². The van der Waals surface area contributed by atoms with Crippen LogP contribution in [0.3, 0.4) is 0 Å². The molecule has 0 amide bonds. The molecule has 1 fully saturated rings. The van der Waals surface area contributed by atoms with E-state index in [1.165, 1.54) is 174 Å². The molecule has 16 aromatic carbocycles. The van der Waals surface area contributed by atoms with Crippen LogP contribution >= 0.6 is 21.4 Å². The van der Waals surface area contributed by atoms with Gasteiger partial charge >= 0.3 is 33.0 Å². The predicted octanol–water partition coefficient (Wildman–Crippen LogP) is 22.1. The summed E-state index contributed by atoms with van der Waals surface area (Å²) in [5.41, 5.74) is 17.2. The van der Waals surface area contributed by atoms with E-state index in [1.807, 2.05) is 6.07 Å². The van der Waals surface area contributed by atoms with Crippen molar-refractivity contribution in [1.82, 2.24) is 0 Å². The van der Waals surface area contributed by atoms with Gasteiger partial charge in [-0.1, -0.05) is 276 Å². The summed E-state index contributed by atoms with van der Waals surface area (Å²) in [6.07, 6.45) is 0. The zero-order valence-corrected chi connectivity index (χ0v) is 68.0. The van der Waals surface area contributed by atoms with Gasteiger partial charge in [0.2, 0.25) is 0 Å². The third-order valence-corrected chi connectivity index (χ3v) is 23.1. The summed E-state index contributed by atoms with van der Waals surface area (Å²) in [5, 5.41) is 26.9. The van der Waals surface area contributed by atoms with Gasteiger partial charge in [0.25, 0.3) is 0 Å². The zero-order chi connectivity index (χ0) is 68.5. The van der Waals surface area contributed by atoms with Crippen molar-refractivity contribution < 1.29 is 21.7 Å². The second-order valence-electron chi connectivity index (χ2n) is 32.0. The molecule has 1 unspecified atom stereocenters. The average molecular weight is 1470 g/mol. The van der Waals surface area contributed by atoms with Crippen molar-refractivity contribution in [3.63, 3.8) is 0 Å². The number of halogens is 2. The van der Waals surface area contributed by atoms with E-state index in [0.29, 0.717) is 0 Å². The molecule has 1 heterocycles. The molecule has 0 N–H and O–H groups in total. The van der Waals surface area contributed by atoms with E-state index < -0.39 is 0 Å². The molecular weight excluding hydrogens is 1380 g/mol. The van der Waals surface area contributed by atoms with Gasteiger partial charge in [-0.2, -0.15) is 9.84 Å². The van der Waals surface area contributed by atoms with Crippen LogP contribution in [0.5, 0.6) is 0 Å². The minimum absolute atomic E-state index is 0. The molecule has 1 atom stereocenters. The van der Waals surface area contributed by atoms with Gasteiger partial charge in [-0.3, -0.25) is 0 Å². The topological polar surface area (TPSA) is 18.5 Å². The summed E-state index contributed by atoms with van der Waals surface area (Å²) >= 11 is 6.27. The monoisotopic (exact) mass is 1470 g/mol. The van der Waals surface area contributed by atoms with Gasteiger partial charge in [0.15, 0.2) is 0 Å². The molecule has 7 heteroatoms.